The molecule has 0 spiro atoms. The summed E-state index contributed by atoms with van der Waals surface area (Å²) >= 11 is 0. The number of benzene rings is 1. The Bertz CT molecular complexity index is 1100. The van der Waals surface area contributed by atoms with Gasteiger partial charge in [0.25, 0.3) is 5.91 Å². The summed E-state index contributed by atoms with van der Waals surface area (Å²) in [5.41, 5.74) is 3.94. The van der Waals surface area contributed by atoms with Gasteiger partial charge in [-0.2, -0.15) is 0 Å². The minimum atomic E-state index is -0.0483. The van der Waals surface area contributed by atoms with Gasteiger partial charge in [0, 0.05) is 43.2 Å². The number of amides is 1. The van der Waals surface area contributed by atoms with E-state index in [9.17, 15) is 4.79 Å². The van der Waals surface area contributed by atoms with E-state index in [0.717, 1.165) is 74.9 Å². The second kappa shape index (κ2) is 14.1. The average Bonchev–Trinajstić information content (AvgIpc) is 3.37. The number of fused-ring (bicyclic) bond motifs is 1. The Kier molecular flexibility index (Phi) is 10.4. The quantitative estimate of drug-likeness (QED) is 0.211. The number of hydrogen-bond acceptors (Lipinski definition) is 5. The van der Waals surface area contributed by atoms with Gasteiger partial charge in [-0.25, -0.2) is 9.97 Å². The Hall–Kier alpha value is -2.93. The third-order valence-electron chi connectivity index (χ3n) is 7.45. The first kappa shape index (κ1) is 27.1. The van der Waals surface area contributed by atoms with Crippen molar-refractivity contribution in [1.82, 2.24) is 20.3 Å². The molecule has 1 unspecified atom stereocenters. The van der Waals surface area contributed by atoms with Crippen LogP contribution in [-0.4, -0.2) is 46.7 Å². The van der Waals surface area contributed by atoms with Crippen LogP contribution in [0.15, 0.2) is 36.5 Å². The van der Waals surface area contributed by atoms with Crippen molar-refractivity contribution >= 4 is 22.8 Å². The van der Waals surface area contributed by atoms with Crippen LogP contribution in [0.5, 0.6) is 0 Å². The van der Waals surface area contributed by atoms with Crippen molar-refractivity contribution in [2.24, 2.45) is 5.92 Å². The lowest BCUT2D eigenvalue weighted by atomic mass is 9.95. The van der Waals surface area contributed by atoms with E-state index in [1.54, 1.807) is 12.3 Å². The highest BCUT2D eigenvalue weighted by atomic mass is 16.5. The number of H-pyrrole nitrogens is 1. The topological polar surface area (TPSA) is 91.9 Å². The molecule has 4 rings (SSSR count). The number of rotatable bonds is 14. The number of carbonyl (C=O) groups excluding carboxylic acids is 1. The van der Waals surface area contributed by atoms with E-state index >= 15 is 0 Å². The fourth-order valence-corrected chi connectivity index (χ4v) is 5.17. The van der Waals surface area contributed by atoms with Gasteiger partial charge in [0.2, 0.25) is 0 Å². The summed E-state index contributed by atoms with van der Waals surface area (Å²) in [5.74, 6) is 1.41. The summed E-state index contributed by atoms with van der Waals surface area (Å²) in [6.07, 6.45) is 13.2. The van der Waals surface area contributed by atoms with Gasteiger partial charge >= 0.3 is 0 Å². The Morgan fingerprint density at radius 3 is 2.65 bits per heavy atom. The van der Waals surface area contributed by atoms with Crippen molar-refractivity contribution in [3.8, 4) is 11.4 Å². The first-order chi connectivity index (χ1) is 18.2. The van der Waals surface area contributed by atoms with Gasteiger partial charge in [-0.1, -0.05) is 39.5 Å². The summed E-state index contributed by atoms with van der Waals surface area (Å²) in [6.45, 7) is 7.13. The molecule has 1 aliphatic carbocycles. The minimum absolute atomic E-state index is 0.0483. The average molecular weight is 506 g/mol. The minimum Gasteiger partial charge on any atom is -0.385 e. The predicted octanol–water partition coefficient (Wildman–Crippen LogP) is 6.72. The number of hydrogen-bond donors (Lipinski definition) is 3. The summed E-state index contributed by atoms with van der Waals surface area (Å²) in [7, 11) is 0. The fraction of sp³-hybridized carbons (Fsp3) is 0.567. The molecular formula is C30H43N5O2. The lowest BCUT2D eigenvalue weighted by molar-refractivity contribution is 0.0929. The Morgan fingerprint density at radius 1 is 1.08 bits per heavy atom. The number of carbonyl (C=O) groups is 1. The van der Waals surface area contributed by atoms with Gasteiger partial charge in [-0.3, -0.25) is 4.79 Å². The third-order valence-corrected chi connectivity index (χ3v) is 7.45. The zero-order valence-electron chi connectivity index (χ0n) is 22.5. The lowest BCUT2D eigenvalue weighted by Gasteiger charge is -2.22. The van der Waals surface area contributed by atoms with Crippen molar-refractivity contribution < 1.29 is 9.53 Å². The molecule has 1 fully saturated rings. The van der Waals surface area contributed by atoms with E-state index in [-0.39, 0.29) is 11.9 Å². The molecule has 3 N–H and O–H groups in total. The number of nitrogens with zero attached hydrogens (tertiary/aromatic N) is 2. The molecule has 1 aliphatic rings. The molecule has 7 heteroatoms. The zero-order chi connectivity index (χ0) is 25.9. The number of imidazole rings is 1. The second-order valence-electron chi connectivity index (χ2n) is 10.3. The molecule has 1 saturated carbocycles. The van der Waals surface area contributed by atoms with Crippen LogP contribution < -0.4 is 10.6 Å². The van der Waals surface area contributed by atoms with Crippen LogP contribution in [0.1, 0.15) is 88.4 Å². The Labute approximate surface area is 221 Å². The molecule has 1 amide bonds. The van der Waals surface area contributed by atoms with Gasteiger partial charge in [0.05, 0.1) is 11.1 Å². The molecule has 7 nitrogen and oxygen atoms in total. The third kappa shape index (κ3) is 7.78. The maximum absolute atomic E-state index is 13.0. The van der Waals surface area contributed by atoms with Crippen LogP contribution in [-0.2, 0) is 4.74 Å². The zero-order valence-corrected chi connectivity index (χ0v) is 22.5. The van der Waals surface area contributed by atoms with E-state index < -0.39 is 0 Å². The molecule has 1 aromatic carbocycles. The molecule has 2 aromatic heterocycles. The highest BCUT2D eigenvalue weighted by molar-refractivity contribution is 6.04. The van der Waals surface area contributed by atoms with Gasteiger partial charge in [0.1, 0.15) is 5.82 Å². The van der Waals surface area contributed by atoms with Crippen LogP contribution in [0.3, 0.4) is 0 Å². The lowest BCUT2D eigenvalue weighted by Crippen LogP contribution is -2.36. The molecular weight excluding hydrogens is 462 g/mol. The van der Waals surface area contributed by atoms with E-state index in [4.69, 9.17) is 4.74 Å². The molecule has 0 radical (unpaired) electrons. The van der Waals surface area contributed by atoms with Crippen LogP contribution in [0.2, 0.25) is 0 Å². The normalized spacial score (nSPS) is 15.1. The van der Waals surface area contributed by atoms with Crippen LogP contribution >= 0.6 is 0 Å². The molecule has 3 aromatic rings. The van der Waals surface area contributed by atoms with E-state index in [2.05, 4.69) is 63.7 Å². The summed E-state index contributed by atoms with van der Waals surface area (Å²) in [6, 6.07) is 10.3. The van der Waals surface area contributed by atoms with E-state index in [1.807, 2.05) is 0 Å². The highest BCUT2D eigenvalue weighted by Crippen LogP contribution is 2.24. The summed E-state index contributed by atoms with van der Waals surface area (Å²) < 4.78 is 5.66. The number of aromatic amines is 1. The molecule has 0 saturated heterocycles. The van der Waals surface area contributed by atoms with Crippen molar-refractivity contribution in [3.63, 3.8) is 0 Å². The largest absolute Gasteiger partial charge is 0.385 e. The SMILES string of the molecule is CCCOCCC(CC)CCCNc1ccc(-c2nc3nccc(C(=O)NC4CCCCC4)c3[nH]2)cc1. The predicted molar refractivity (Wildman–Crippen MR) is 151 cm³/mol. The van der Waals surface area contributed by atoms with Crippen LogP contribution in [0.25, 0.3) is 22.6 Å². The first-order valence-corrected chi connectivity index (χ1v) is 14.3. The van der Waals surface area contributed by atoms with Gasteiger partial charge in [-0.05, 0) is 74.8 Å². The summed E-state index contributed by atoms with van der Waals surface area (Å²) in [5, 5.41) is 6.75. The van der Waals surface area contributed by atoms with Crippen molar-refractivity contribution in [1.29, 1.82) is 0 Å². The number of pyridine rings is 1. The van der Waals surface area contributed by atoms with Gasteiger partial charge in [-0.15, -0.1) is 0 Å². The molecule has 37 heavy (non-hydrogen) atoms. The highest BCUT2D eigenvalue weighted by Gasteiger charge is 2.20. The van der Waals surface area contributed by atoms with E-state index in [1.165, 1.54) is 32.1 Å². The summed E-state index contributed by atoms with van der Waals surface area (Å²) in [4.78, 5) is 25.4. The molecule has 0 aliphatic heterocycles. The fourth-order valence-electron chi connectivity index (χ4n) is 5.17. The number of aromatic nitrogens is 3. The van der Waals surface area contributed by atoms with Gasteiger partial charge in [0.15, 0.2) is 5.65 Å². The van der Waals surface area contributed by atoms with Crippen LogP contribution in [0, 0.1) is 5.92 Å². The second-order valence-corrected chi connectivity index (χ2v) is 10.3. The maximum atomic E-state index is 13.0. The Morgan fingerprint density at radius 2 is 1.89 bits per heavy atom. The van der Waals surface area contributed by atoms with Crippen molar-refractivity contribution in [2.75, 3.05) is 25.1 Å². The maximum Gasteiger partial charge on any atom is 0.253 e. The number of ether oxygens (including phenoxy) is 1. The molecule has 2 heterocycles. The number of anilines is 1. The van der Waals surface area contributed by atoms with Crippen molar-refractivity contribution in [3.05, 3.63) is 42.1 Å². The van der Waals surface area contributed by atoms with Gasteiger partial charge < -0.3 is 20.4 Å². The first-order valence-electron chi connectivity index (χ1n) is 14.3. The smallest absolute Gasteiger partial charge is 0.253 e. The molecule has 1 atom stereocenters. The van der Waals surface area contributed by atoms with E-state index in [0.29, 0.717) is 16.7 Å². The molecule has 0 bridgehead atoms. The standard InChI is InChI=1S/C30H43N5O2/c1-3-20-37-21-17-22(4-2)9-8-18-31-24-14-12-23(13-15-24)28-34-27-26(16-19-32-29(27)35-28)30(36)33-25-10-6-5-7-11-25/h12-16,19,22,25,31H,3-11,17-18,20-21H2,1-2H3,(H,33,36)(H,32,34,35). The number of nitrogens with one attached hydrogen (secondary N) is 3. The van der Waals surface area contributed by atoms with Crippen LogP contribution in [0.4, 0.5) is 5.69 Å². The molecule has 200 valence electrons. The monoisotopic (exact) mass is 505 g/mol. The van der Waals surface area contributed by atoms with Crippen molar-refractivity contribution in [2.45, 2.75) is 84.1 Å². The Balaban J connectivity index is 1.31.